The molecule has 3 nitrogen and oxygen atoms in total. The summed E-state index contributed by atoms with van der Waals surface area (Å²) in [5, 5.41) is 2.57. The highest BCUT2D eigenvalue weighted by Gasteiger charge is 2.15. The molecular weight excluding hydrogens is 335 g/mol. The Bertz CT molecular complexity index is 628. The molecule has 2 aromatic rings. The van der Waals surface area contributed by atoms with E-state index in [4.69, 9.17) is 11.6 Å². The zero-order chi connectivity index (χ0) is 14.0. The van der Waals surface area contributed by atoms with E-state index in [1.165, 1.54) is 18.3 Å². The summed E-state index contributed by atoms with van der Waals surface area (Å²) in [6, 6.07) is 6.09. The maximum absolute atomic E-state index is 13.6. The molecule has 0 saturated heterocycles. The molecule has 0 radical (unpaired) electrons. The van der Waals surface area contributed by atoms with Gasteiger partial charge in [-0.3, -0.25) is 4.79 Å². The SMILES string of the molecule is Cc1cccc(F)c1NC(=O)c1cc(Br)cnc1Cl. The number of halogens is 3. The van der Waals surface area contributed by atoms with Gasteiger partial charge in [-0.15, -0.1) is 0 Å². The molecule has 0 unspecified atom stereocenters. The minimum atomic E-state index is -0.507. The van der Waals surface area contributed by atoms with E-state index in [1.807, 2.05) is 0 Å². The van der Waals surface area contributed by atoms with E-state index in [0.29, 0.717) is 10.0 Å². The van der Waals surface area contributed by atoms with Crippen LogP contribution in [-0.4, -0.2) is 10.9 Å². The molecule has 1 aromatic carbocycles. The van der Waals surface area contributed by atoms with Crippen LogP contribution < -0.4 is 5.32 Å². The van der Waals surface area contributed by atoms with Crippen molar-refractivity contribution in [3.8, 4) is 0 Å². The molecule has 6 heteroatoms. The van der Waals surface area contributed by atoms with Gasteiger partial charge in [0.05, 0.1) is 11.3 Å². The number of carbonyl (C=O) groups is 1. The lowest BCUT2D eigenvalue weighted by Crippen LogP contribution is -2.15. The lowest BCUT2D eigenvalue weighted by Gasteiger charge is -2.10. The van der Waals surface area contributed by atoms with Gasteiger partial charge in [0, 0.05) is 10.7 Å². The Morgan fingerprint density at radius 3 is 2.89 bits per heavy atom. The predicted molar refractivity (Wildman–Crippen MR) is 76.0 cm³/mol. The maximum Gasteiger partial charge on any atom is 0.258 e. The summed E-state index contributed by atoms with van der Waals surface area (Å²) in [4.78, 5) is 15.9. The molecule has 0 aliphatic carbocycles. The second-order valence-electron chi connectivity index (χ2n) is 3.88. The van der Waals surface area contributed by atoms with Gasteiger partial charge in [-0.25, -0.2) is 9.37 Å². The van der Waals surface area contributed by atoms with Crippen molar-refractivity contribution in [1.29, 1.82) is 0 Å². The number of nitrogens with zero attached hydrogens (tertiary/aromatic N) is 1. The molecule has 2 rings (SSSR count). The Kier molecular flexibility index (Phi) is 4.17. The highest BCUT2D eigenvalue weighted by atomic mass is 79.9. The molecule has 0 saturated carbocycles. The second kappa shape index (κ2) is 5.67. The zero-order valence-electron chi connectivity index (χ0n) is 9.88. The number of aryl methyl sites for hydroxylation is 1. The van der Waals surface area contributed by atoms with Crippen LogP contribution in [0.4, 0.5) is 10.1 Å². The summed E-state index contributed by atoms with van der Waals surface area (Å²) >= 11 is 9.05. The van der Waals surface area contributed by atoms with Gasteiger partial charge in [0.1, 0.15) is 11.0 Å². The molecule has 1 amide bonds. The van der Waals surface area contributed by atoms with Gasteiger partial charge in [-0.1, -0.05) is 23.7 Å². The van der Waals surface area contributed by atoms with E-state index in [2.05, 4.69) is 26.2 Å². The maximum atomic E-state index is 13.6. The quantitative estimate of drug-likeness (QED) is 0.831. The van der Waals surface area contributed by atoms with Gasteiger partial charge in [0.2, 0.25) is 0 Å². The van der Waals surface area contributed by atoms with Crippen LogP contribution in [0.15, 0.2) is 34.9 Å². The Morgan fingerprint density at radius 2 is 2.21 bits per heavy atom. The van der Waals surface area contributed by atoms with Crippen LogP contribution in [0.25, 0.3) is 0 Å². The van der Waals surface area contributed by atoms with Crippen molar-refractivity contribution in [2.45, 2.75) is 6.92 Å². The number of nitrogens with one attached hydrogen (secondary N) is 1. The molecule has 0 spiro atoms. The first-order valence-electron chi connectivity index (χ1n) is 5.36. The van der Waals surface area contributed by atoms with Crippen LogP contribution >= 0.6 is 27.5 Å². The van der Waals surface area contributed by atoms with Gasteiger partial charge in [-0.2, -0.15) is 0 Å². The molecule has 0 aliphatic rings. The smallest absolute Gasteiger partial charge is 0.258 e. The monoisotopic (exact) mass is 342 g/mol. The van der Waals surface area contributed by atoms with Crippen molar-refractivity contribution in [3.63, 3.8) is 0 Å². The number of carbonyl (C=O) groups excluding carboxylic acids is 1. The minimum Gasteiger partial charge on any atom is -0.319 e. The summed E-state index contributed by atoms with van der Waals surface area (Å²) in [6.45, 7) is 1.71. The van der Waals surface area contributed by atoms with Crippen LogP contribution in [0.3, 0.4) is 0 Å². The van der Waals surface area contributed by atoms with E-state index in [-0.39, 0.29) is 16.4 Å². The Hall–Kier alpha value is -1.46. The van der Waals surface area contributed by atoms with E-state index >= 15 is 0 Å². The largest absolute Gasteiger partial charge is 0.319 e. The van der Waals surface area contributed by atoms with Gasteiger partial charge in [0.25, 0.3) is 5.91 Å². The van der Waals surface area contributed by atoms with Crippen molar-refractivity contribution in [2.75, 3.05) is 5.32 Å². The predicted octanol–water partition coefficient (Wildman–Crippen LogP) is 4.20. The molecule has 0 atom stereocenters. The molecule has 0 bridgehead atoms. The number of amides is 1. The second-order valence-corrected chi connectivity index (χ2v) is 5.15. The Balaban J connectivity index is 2.34. The fraction of sp³-hybridized carbons (Fsp3) is 0.0769. The molecule has 98 valence electrons. The number of anilines is 1. The third kappa shape index (κ3) is 3.11. The topological polar surface area (TPSA) is 42.0 Å². The van der Waals surface area contributed by atoms with Gasteiger partial charge in [-0.05, 0) is 40.5 Å². The summed E-state index contributed by atoms with van der Waals surface area (Å²) in [5.41, 5.74) is 0.953. The first kappa shape index (κ1) is 14.0. The highest BCUT2D eigenvalue weighted by Crippen LogP contribution is 2.22. The fourth-order valence-electron chi connectivity index (χ4n) is 1.55. The number of aromatic nitrogens is 1. The summed E-state index contributed by atoms with van der Waals surface area (Å²) in [7, 11) is 0. The number of hydrogen-bond acceptors (Lipinski definition) is 2. The fourth-order valence-corrected chi connectivity index (χ4v) is 2.07. The van der Waals surface area contributed by atoms with E-state index in [0.717, 1.165) is 0 Å². The molecule has 1 aromatic heterocycles. The average molecular weight is 344 g/mol. The first-order chi connectivity index (χ1) is 8.99. The summed E-state index contributed by atoms with van der Waals surface area (Å²) in [5.74, 6) is -1.00. The van der Waals surface area contributed by atoms with E-state index < -0.39 is 11.7 Å². The van der Waals surface area contributed by atoms with Crippen molar-refractivity contribution in [2.24, 2.45) is 0 Å². The van der Waals surface area contributed by atoms with Gasteiger partial charge >= 0.3 is 0 Å². The molecule has 19 heavy (non-hydrogen) atoms. The van der Waals surface area contributed by atoms with Crippen LogP contribution in [0.5, 0.6) is 0 Å². The summed E-state index contributed by atoms with van der Waals surface area (Å²) < 4.78 is 14.3. The third-order valence-corrected chi connectivity index (χ3v) is 3.25. The molecule has 0 fully saturated rings. The van der Waals surface area contributed by atoms with Crippen LogP contribution in [-0.2, 0) is 0 Å². The third-order valence-electron chi connectivity index (χ3n) is 2.51. The van der Waals surface area contributed by atoms with Crippen molar-refractivity contribution < 1.29 is 9.18 Å². The Labute approximate surface area is 122 Å². The number of para-hydroxylation sites is 1. The molecule has 1 N–H and O–H groups in total. The zero-order valence-corrected chi connectivity index (χ0v) is 12.2. The van der Waals surface area contributed by atoms with Crippen LogP contribution in [0.2, 0.25) is 5.15 Å². The number of pyridine rings is 1. The van der Waals surface area contributed by atoms with Crippen molar-refractivity contribution in [1.82, 2.24) is 4.98 Å². The van der Waals surface area contributed by atoms with E-state index in [1.54, 1.807) is 19.1 Å². The molecular formula is C13H9BrClFN2O. The Morgan fingerprint density at radius 1 is 1.47 bits per heavy atom. The molecule has 1 heterocycles. The minimum absolute atomic E-state index is 0.0645. The number of benzene rings is 1. The highest BCUT2D eigenvalue weighted by molar-refractivity contribution is 9.10. The van der Waals surface area contributed by atoms with Crippen LogP contribution in [0, 0.1) is 12.7 Å². The lowest BCUT2D eigenvalue weighted by atomic mass is 10.2. The number of rotatable bonds is 2. The van der Waals surface area contributed by atoms with Crippen molar-refractivity contribution >= 4 is 39.1 Å². The van der Waals surface area contributed by atoms with Crippen molar-refractivity contribution in [3.05, 3.63) is 57.0 Å². The van der Waals surface area contributed by atoms with Gasteiger partial charge < -0.3 is 5.32 Å². The number of hydrogen-bond donors (Lipinski definition) is 1. The summed E-state index contributed by atoms with van der Waals surface area (Å²) in [6.07, 6.45) is 1.48. The lowest BCUT2D eigenvalue weighted by molar-refractivity contribution is 0.102. The normalized spacial score (nSPS) is 10.3. The standard InChI is InChI=1S/C13H9BrClFN2O/c1-7-3-2-4-10(16)11(7)18-13(19)9-5-8(14)6-17-12(9)15/h2-6H,1H3,(H,18,19). The van der Waals surface area contributed by atoms with Gasteiger partial charge in [0.15, 0.2) is 0 Å². The molecule has 0 aliphatic heterocycles. The van der Waals surface area contributed by atoms with E-state index in [9.17, 15) is 9.18 Å². The van der Waals surface area contributed by atoms with Crippen LogP contribution in [0.1, 0.15) is 15.9 Å². The first-order valence-corrected chi connectivity index (χ1v) is 6.53. The average Bonchev–Trinajstić information content (AvgIpc) is 2.37.